The Morgan fingerprint density at radius 3 is 3.17 bits per heavy atom. The molecule has 1 aromatic rings. The predicted octanol–water partition coefficient (Wildman–Crippen LogP) is 2.85. The minimum atomic E-state index is 0.170. The molecule has 0 spiro atoms. The molecule has 2 heterocycles. The Balaban J connectivity index is 1.91. The van der Waals surface area contributed by atoms with Crippen molar-refractivity contribution in [3.63, 3.8) is 0 Å². The molecule has 100 valence electrons. The average molecular weight is 266 g/mol. The third kappa shape index (κ3) is 4.18. The van der Waals surface area contributed by atoms with Crippen molar-refractivity contribution in [1.82, 2.24) is 10.3 Å². The fourth-order valence-corrected chi connectivity index (χ4v) is 3.15. The molecule has 1 N–H and O–H groups in total. The second-order valence-corrected chi connectivity index (χ2v) is 6.08. The van der Waals surface area contributed by atoms with Gasteiger partial charge in [0.25, 0.3) is 0 Å². The van der Waals surface area contributed by atoms with Crippen LogP contribution in [0.1, 0.15) is 32.3 Å². The van der Waals surface area contributed by atoms with Crippen molar-refractivity contribution < 1.29 is 4.74 Å². The predicted molar refractivity (Wildman–Crippen MR) is 77.2 cm³/mol. The number of nitrogens with zero attached hydrogens (tertiary/aromatic N) is 1. The highest BCUT2D eigenvalue weighted by molar-refractivity contribution is 7.99. The van der Waals surface area contributed by atoms with E-state index >= 15 is 0 Å². The van der Waals surface area contributed by atoms with E-state index < -0.39 is 0 Å². The van der Waals surface area contributed by atoms with Crippen LogP contribution in [0.2, 0.25) is 0 Å². The van der Waals surface area contributed by atoms with Gasteiger partial charge in [-0.15, -0.1) is 0 Å². The topological polar surface area (TPSA) is 34.1 Å². The van der Waals surface area contributed by atoms with E-state index in [0.29, 0.717) is 6.04 Å². The van der Waals surface area contributed by atoms with Crippen LogP contribution in [0.5, 0.6) is 5.88 Å². The van der Waals surface area contributed by atoms with Crippen LogP contribution in [0.3, 0.4) is 0 Å². The number of ether oxygens (including phenoxy) is 1. The van der Waals surface area contributed by atoms with Crippen LogP contribution in [0.4, 0.5) is 0 Å². The third-order valence-corrected chi connectivity index (χ3v) is 4.15. The molecule has 0 saturated carbocycles. The van der Waals surface area contributed by atoms with E-state index in [9.17, 15) is 0 Å². The smallest absolute Gasteiger partial charge is 0.218 e. The first-order valence-electron chi connectivity index (χ1n) is 6.67. The fraction of sp³-hybridized carbons (Fsp3) is 0.643. The first kappa shape index (κ1) is 13.7. The zero-order chi connectivity index (χ0) is 12.8. The highest BCUT2D eigenvalue weighted by atomic mass is 32.2. The van der Waals surface area contributed by atoms with Gasteiger partial charge in [0, 0.05) is 30.1 Å². The molecule has 1 saturated heterocycles. The van der Waals surface area contributed by atoms with E-state index in [1.165, 1.54) is 24.3 Å². The molecular formula is C14H22N2OS. The number of nitrogens with one attached hydrogen (secondary N) is 1. The van der Waals surface area contributed by atoms with Gasteiger partial charge in [0.2, 0.25) is 5.88 Å². The summed E-state index contributed by atoms with van der Waals surface area (Å²) in [4.78, 5) is 4.32. The number of hydrogen-bond donors (Lipinski definition) is 1. The van der Waals surface area contributed by atoms with Crippen LogP contribution >= 0.6 is 11.8 Å². The number of aromatic nitrogens is 1. The molecule has 0 bridgehead atoms. The summed E-state index contributed by atoms with van der Waals surface area (Å²) in [6, 6.07) is 4.70. The Morgan fingerprint density at radius 2 is 2.44 bits per heavy atom. The van der Waals surface area contributed by atoms with Crippen molar-refractivity contribution in [2.75, 3.05) is 11.5 Å². The maximum atomic E-state index is 5.73. The van der Waals surface area contributed by atoms with Crippen molar-refractivity contribution >= 4 is 11.8 Å². The third-order valence-electron chi connectivity index (χ3n) is 2.94. The van der Waals surface area contributed by atoms with Crippen LogP contribution in [0.15, 0.2) is 18.3 Å². The van der Waals surface area contributed by atoms with Crippen molar-refractivity contribution in [2.24, 2.45) is 0 Å². The van der Waals surface area contributed by atoms with Gasteiger partial charge < -0.3 is 10.1 Å². The molecule has 1 aromatic heterocycles. The molecule has 1 aliphatic rings. The van der Waals surface area contributed by atoms with Crippen LogP contribution in [0, 0.1) is 0 Å². The van der Waals surface area contributed by atoms with E-state index in [2.05, 4.69) is 16.4 Å². The van der Waals surface area contributed by atoms with Gasteiger partial charge in [-0.25, -0.2) is 4.98 Å². The van der Waals surface area contributed by atoms with Gasteiger partial charge in [-0.3, -0.25) is 0 Å². The molecular weight excluding hydrogens is 244 g/mol. The highest BCUT2D eigenvalue weighted by Crippen LogP contribution is 2.19. The number of pyridine rings is 1. The van der Waals surface area contributed by atoms with Crippen LogP contribution in [0.25, 0.3) is 0 Å². The summed E-state index contributed by atoms with van der Waals surface area (Å²) < 4.78 is 5.73. The molecule has 0 aromatic carbocycles. The zero-order valence-corrected chi connectivity index (χ0v) is 12.0. The Morgan fingerprint density at radius 1 is 1.56 bits per heavy atom. The van der Waals surface area contributed by atoms with Crippen LogP contribution in [-0.2, 0) is 6.54 Å². The molecule has 1 atom stereocenters. The van der Waals surface area contributed by atoms with Crippen molar-refractivity contribution in [1.29, 1.82) is 0 Å². The summed E-state index contributed by atoms with van der Waals surface area (Å²) >= 11 is 2.04. The molecule has 1 fully saturated rings. The Kier molecular flexibility index (Phi) is 5.32. The van der Waals surface area contributed by atoms with E-state index in [-0.39, 0.29) is 6.10 Å². The first-order valence-corrected chi connectivity index (χ1v) is 7.83. The van der Waals surface area contributed by atoms with Gasteiger partial charge in [0.1, 0.15) is 0 Å². The van der Waals surface area contributed by atoms with Crippen molar-refractivity contribution in [3.05, 3.63) is 23.9 Å². The number of thioether (sulfide) groups is 1. The summed E-state index contributed by atoms with van der Waals surface area (Å²) in [5, 5.41) is 3.61. The molecule has 1 aliphatic heterocycles. The van der Waals surface area contributed by atoms with Gasteiger partial charge in [0.15, 0.2) is 0 Å². The largest absolute Gasteiger partial charge is 0.475 e. The van der Waals surface area contributed by atoms with Crippen molar-refractivity contribution in [3.8, 4) is 5.88 Å². The minimum absolute atomic E-state index is 0.170. The minimum Gasteiger partial charge on any atom is -0.475 e. The molecule has 18 heavy (non-hydrogen) atoms. The molecule has 0 aliphatic carbocycles. The number of hydrogen-bond acceptors (Lipinski definition) is 4. The lowest BCUT2D eigenvalue weighted by Crippen LogP contribution is -2.33. The summed E-state index contributed by atoms with van der Waals surface area (Å²) in [5.41, 5.74) is 1.15. The standard InChI is InChI=1S/C14H22N2OS/c1-11(2)17-14-12(5-3-7-15-14)9-16-13-6-4-8-18-10-13/h3,5,7,11,13,16H,4,6,8-10H2,1-2H3. The van der Waals surface area contributed by atoms with E-state index in [1.54, 1.807) is 6.20 Å². The molecule has 2 rings (SSSR count). The monoisotopic (exact) mass is 266 g/mol. The lowest BCUT2D eigenvalue weighted by atomic mass is 10.1. The quantitative estimate of drug-likeness (QED) is 0.888. The second kappa shape index (κ2) is 7.00. The Hall–Kier alpha value is -0.740. The summed E-state index contributed by atoms with van der Waals surface area (Å²) in [7, 11) is 0. The molecule has 1 unspecified atom stereocenters. The highest BCUT2D eigenvalue weighted by Gasteiger charge is 2.14. The summed E-state index contributed by atoms with van der Waals surface area (Å²) in [6.45, 7) is 4.91. The SMILES string of the molecule is CC(C)Oc1ncccc1CNC1CCCSC1. The number of rotatable bonds is 5. The molecule has 4 heteroatoms. The van der Waals surface area contributed by atoms with Gasteiger partial charge in [-0.05, 0) is 38.5 Å². The Bertz CT molecular complexity index is 365. The lowest BCUT2D eigenvalue weighted by Gasteiger charge is -2.23. The maximum Gasteiger partial charge on any atom is 0.218 e. The molecule has 0 amide bonds. The van der Waals surface area contributed by atoms with Crippen LogP contribution < -0.4 is 10.1 Å². The van der Waals surface area contributed by atoms with E-state index in [0.717, 1.165) is 18.0 Å². The second-order valence-electron chi connectivity index (χ2n) is 4.93. The molecule has 0 radical (unpaired) electrons. The van der Waals surface area contributed by atoms with Gasteiger partial charge in [-0.2, -0.15) is 11.8 Å². The zero-order valence-electron chi connectivity index (χ0n) is 11.2. The van der Waals surface area contributed by atoms with Gasteiger partial charge in [-0.1, -0.05) is 6.07 Å². The first-order chi connectivity index (χ1) is 8.75. The summed E-state index contributed by atoms with van der Waals surface area (Å²) in [6.07, 6.45) is 4.57. The van der Waals surface area contributed by atoms with Gasteiger partial charge in [0.05, 0.1) is 6.10 Å². The lowest BCUT2D eigenvalue weighted by molar-refractivity contribution is 0.229. The fourth-order valence-electron chi connectivity index (χ4n) is 2.04. The van der Waals surface area contributed by atoms with Gasteiger partial charge >= 0.3 is 0 Å². The maximum absolute atomic E-state index is 5.73. The van der Waals surface area contributed by atoms with E-state index in [4.69, 9.17) is 4.74 Å². The summed E-state index contributed by atoms with van der Waals surface area (Å²) in [5.74, 6) is 3.30. The van der Waals surface area contributed by atoms with E-state index in [1.807, 2.05) is 31.7 Å². The molecule has 3 nitrogen and oxygen atoms in total. The van der Waals surface area contributed by atoms with Crippen LogP contribution in [-0.4, -0.2) is 28.6 Å². The normalized spacial score (nSPS) is 20.1. The van der Waals surface area contributed by atoms with Crippen molar-refractivity contribution in [2.45, 2.75) is 45.4 Å². The average Bonchev–Trinajstić information content (AvgIpc) is 2.38. The Labute approximate surface area is 114 Å².